The van der Waals surface area contributed by atoms with Gasteiger partial charge in [0.2, 0.25) is 0 Å². The van der Waals surface area contributed by atoms with E-state index in [2.05, 4.69) is 20.3 Å². The molecule has 0 unspecified atom stereocenters. The van der Waals surface area contributed by atoms with E-state index in [0.29, 0.717) is 5.69 Å². The maximum atomic E-state index is 11.1. The number of rotatable bonds is 6. The highest BCUT2D eigenvalue weighted by atomic mass is 32.1. The van der Waals surface area contributed by atoms with E-state index < -0.39 is 11.4 Å². The standard InChI is InChI=1S/C12H16N4O2S/c1-12(2,10(17)18)9-6-19-11(16-9)14-4-3-8-5-13-7-15-8/h5-7H,3-4H2,1-2H3,(H,13,15)(H,14,16)(H,17,18). The van der Waals surface area contributed by atoms with Crippen molar-refractivity contribution in [3.05, 3.63) is 29.3 Å². The Bertz CT molecular complexity index is 548. The third kappa shape index (κ3) is 3.11. The molecule has 2 heterocycles. The van der Waals surface area contributed by atoms with Crippen molar-refractivity contribution < 1.29 is 9.90 Å². The van der Waals surface area contributed by atoms with E-state index in [1.165, 1.54) is 11.3 Å². The third-order valence-corrected chi connectivity index (χ3v) is 3.70. The molecule has 7 heteroatoms. The van der Waals surface area contributed by atoms with Crippen LogP contribution in [0.2, 0.25) is 0 Å². The molecule has 0 saturated heterocycles. The number of nitrogens with one attached hydrogen (secondary N) is 2. The number of hydrogen-bond donors (Lipinski definition) is 3. The Hall–Kier alpha value is -1.89. The fourth-order valence-electron chi connectivity index (χ4n) is 1.48. The first-order valence-corrected chi connectivity index (χ1v) is 6.78. The summed E-state index contributed by atoms with van der Waals surface area (Å²) in [6.45, 7) is 4.03. The lowest BCUT2D eigenvalue weighted by atomic mass is 9.90. The van der Waals surface area contributed by atoms with Crippen molar-refractivity contribution in [2.24, 2.45) is 0 Å². The monoisotopic (exact) mass is 280 g/mol. The van der Waals surface area contributed by atoms with Crippen LogP contribution in [0.5, 0.6) is 0 Å². The number of imidazole rings is 1. The van der Waals surface area contributed by atoms with Gasteiger partial charge in [-0.25, -0.2) is 9.97 Å². The quantitative estimate of drug-likeness (QED) is 0.751. The summed E-state index contributed by atoms with van der Waals surface area (Å²) in [5.41, 5.74) is 0.670. The number of anilines is 1. The number of thiazole rings is 1. The molecule has 0 radical (unpaired) electrons. The van der Waals surface area contributed by atoms with Crippen LogP contribution in [0.15, 0.2) is 17.9 Å². The van der Waals surface area contributed by atoms with Gasteiger partial charge in [0.1, 0.15) is 5.41 Å². The first-order valence-electron chi connectivity index (χ1n) is 5.90. The summed E-state index contributed by atoms with van der Waals surface area (Å²) in [4.78, 5) is 22.4. The molecule has 3 N–H and O–H groups in total. The highest BCUT2D eigenvalue weighted by Gasteiger charge is 2.32. The molecule has 0 aromatic carbocycles. The maximum Gasteiger partial charge on any atom is 0.315 e. The van der Waals surface area contributed by atoms with Crippen LogP contribution in [-0.2, 0) is 16.6 Å². The van der Waals surface area contributed by atoms with Crippen molar-refractivity contribution in [1.29, 1.82) is 0 Å². The van der Waals surface area contributed by atoms with Gasteiger partial charge in [-0.15, -0.1) is 11.3 Å². The molecule has 0 aliphatic heterocycles. The van der Waals surface area contributed by atoms with Crippen molar-refractivity contribution in [2.75, 3.05) is 11.9 Å². The summed E-state index contributed by atoms with van der Waals surface area (Å²) >= 11 is 1.42. The van der Waals surface area contributed by atoms with Crippen LogP contribution in [0.25, 0.3) is 0 Å². The van der Waals surface area contributed by atoms with Crippen molar-refractivity contribution in [2.45, 2.75) is 25.7 Å². The minimum Gasteiger partial charge on any atom is -0.481 e. The first-order chi connectivity index (χ1) is 9.00. The molecule has 19 heavy (non-hydrogen) atoms. The van der Waals surface area contributed by atoms with Gasteiger partial charge >= 0.3 is 5.97 Å². The van der Waals surface area contributed by atoms with Gasteiger partial charge in [0, 0.05) is 30.2 Å². The maximum absolute atomic E-state index is 11.1. The van der Waals surface area contributed by atoms with Gasteiger partial charge in [-0.1, -0.05) is 0 Å². The minimum absolute atomic E-state index is 0.578. The second-order valence-corrected chi connectivity index (χ2v) is 5.58. The van der Waals surface area contributed by atoms with E-state index in [1.807, 2.05) is 0 Å². The van der Waals surface area contributed by atoms with Crippen molar-refractivity contribution in [3.63, 3.8) is 0 Å². The molecule has 0 fully saturated rings. The van der Waals surface area contributed by atoms with Crippen LogP contribution >= 0.6 is 11.3 Å². The first kappa shape index (κ1) is 13.5. The SMILES string of the molecule is CC(C)(C(=O)O)c1csc(NCCc2cnc[nH]2)n1. The Labute approximate surface area is 114 Å². The van der Waals surface area contributed by atoms with E-state index in [9.17, 15) is 4.79 Å². The van der Waals surface area contributed by atoms with Crippen molar-refractivity contribution in [1.82, 2.24) is 15.0 Å². The molecule has 0 aliphatic rings. The predicted octanol–water partition coefficient (Wildman–Crippen LogP) is 1.88. The molecule has 2 rings (SSSR count). The molecular weight excluding hydrogens is 264 g/mol. The minimum atomic E-state index is -0.959. The largest absolute Gasteiger partial charge is 0.481 e. The Kier molecular flexibility index (Phi) is 3.84. The molecule has 0 atom stereocenters. The number of aromatic amines is 1. The van der Waals surface area contributed by atoms with Gasteiger partial charge in [-0.3, -0.25) is 4.79 Å². The molecule has 0 saturated carbocycles. The van der Waals surface area contributed by atoms with Gasteiger partial charge in [-0.2, -0.15) is 0 Å². The van der Waals surface area contributed by atoms with E-state index in [1.54, 1.807) is 31.8 Å². The Morgan fingerprint density at radius 2 is 2.37 bits per heavy atom. The van der Waals surface area contributed by atoms with Gasteiger partial charge in [0.25, 0.3) is 0 Å². The fraction of sp³-hybridized carbons (Fsp3) is 0.417. The number of carboxylic acids is 1. The summed E-state index contributed by atoms with van der Waals surface area (Å²) in [6.07, 6.45) is 4.24. The summed E-state index contributed by atoms with van der Waals surface area (Å²) < 4.78 is 0. The zero-order valence-corrected chi connectivity index (χ0v) is 11.6. The number of aliphatic carboxylic acids is 1. The second-order valence-electron chi connectivity index (χ2n) is 4.72. The third-order valence-electron chi connectivity index (χ3n) is 2.90. The molecule has 2 aromatic heterocycles. The number of H-pyrrole nitrogens is 1. The van der Waals surface area contributed by atoms with Gasteiger partial charge < -0.3 is 15.4 Å². The summed E-state index contributed by atoms with van der Waals surface area (Å²) in [7, 11) is 0. The van der Waals surface area contributed by atoms with E-state index >= 15 is 0 Å². The highest BCUT2D eigenvalue weighted by molar-refractivity contribution is 7.13. The van der Waals surface area contributed by atoms with Gasteiger partial charge in [-0.05, 0) is 13.8 Å². The molecule has 6 nitrogen and oxygen atoms in total. The summed E-state index contributed by atoms with van der Waals surface area (Å²) in [5.74, 6) is -0.873. The number of aromatic nitrogens is 3. The van der Waals surface area contributed by atoms with Crippen LogP contribution < -0.4 is 5.32 Å². The lowest BCUT2D eigenvalue weighted by molar-refractivity contribution is -0.142. The lowest BCUT2D eigenvalue weighted by Gasteiger charge is -2.15. The van der Waals surface area contributed by atoms with E-state index in [-0.39, 0.29) is 0 Å². The molecular formula is C12H16N4O2S. The molecule has 2 aromatic rings. The van der Waals surface area contributed by atoms with Crippen molar-refractivity contribution in [3.8, 4) is 0 Å². The van der Waals surface area contributed by atoms with Crippen LogP contribution in [0.4, 0.5) is 5.13 Å². The number of nitrogens with zero attached hydrogens (tertiary/aromatic N) is 2. The lowest BCUT2D eigenvalue weighted by Crippen LogP contribution is -2.28. The summed E-state index contributed by atoms with van der Waals surface area (Å²) in [6, 6.07) is 0. The highest BCUT2D eigenvalue weighted by Crippen LogP contribution is 2.27. The smallest absolute Gasteiger partial charge is 0.315 e. The zero-order chi connectivity index (χ0) is 13.9. The van der Waals surface area contributed by atoms with Crippen LogP contribution in [0.3, 0.4) is 0 Å². The predicted molar refractivity (Wildman–Crippen MR) is 73.6 cm³/mol. The molecule has 0 aliphatic carbocycles. The topological polar surface area (TPSA) is 90.9 Å². The Morgan fingerprint density at radius 3 is 3.00 bits per heavy atom. The van der Waals surface area contributed by atoms with Crippen molar-refractivity contribution >= 4 is 22.4 Å². The average molecular weight is 280 g/mol. The normalized spacial score (nSPS) is 11.5. The zero-order valence-electron chi connectivity index (χ0n) is 10.8. The van der Waals surface area contributed by atoms with E-state index in [0.717, 1.165) is 23.8 Å². The molecule has 0 spiro atoms. The van der Waals surface area contributed by atoms with Gasteiger partial charge in [0.05, 0.1) is 12.0 Å². The number of hydrogen-bond acceptors (Lipinski definition) is 5. The number of carboxylic acid groups (broad SMARTS) is 1. The fourth-order valence-corrected chi connectivity index (χ4v) is 2.38. The Morgan fingerprint density at radius 1 is 1.58 bits per heavy atom. The number of carbonyl (C=O) groups is 1. The van der Waals surface area contributed by atoms with Crippen LogP contribution in [0.1, 0.15) is 25.2 Å². The summed E-state index contributed by atoms with van der Waals surface area (Å²) in [5, 5.41) is 14.8. The van der Waals surface area contributed by atoms with Crippen LogP contribution in [-0.4, -0.2) is 32.6 Å². The molecule has 102 valence electrons. The van der Waals surface area contributed by atoms with Gasteiger partial charge in [0.15, 0.2) is 5.13 Å². The Balaban J connectivity index is 1.92. The molecule has 0 bridgehead atoms. The van der Waals surface area contributed by atoms with Crippen LogP contribution in [0, 0.1) is 0 Å². The second kappa shape index (κ2) is 5.40. The van der Waals surface area contributed by atoms with E-state index in [4.69, 9.17) is 5.11 Å². The average Bonchev–Trinajstić information content (AvgIpc) is 2.99. The molecule has 0 amide bonds.